The molecular formula is C12H23NO2. The highest BCUT2D eigenvalue weighted by Gasteiger charge is 2.15. The first-order valence-electron chi connectivity index (χ1n) is 5.63. The zero-order valence-electron chi connectivity index (χ0n) is 10.4. The molecule has 88 valence electrons. The van der Waals surface area contributed by atoms with E-state index in [4.69, 9.17) is 4.74 Å². The largest absolute Gasteiger partial charge is 0.461 e. The molecule has 0 aliphatic heterocycles. The number of carbonyl (C=O) groups excluding carboxylic acids is 1. The molecule has 0 bridgehead atoms. The molecule has 3 heteroatoms. The van der Waals surface area contributed by atoms with E-state index in [1.807, 2.05) is 0 Å². The molecule has 0 aromatic carbocycles. The second kappa shape index (κ2) is 7.46. The van der Waals surface area contributed by atoms with Crippen molar-refractivity contribution in [3.8, 4) is 0 Å². The Kier molecular flexibility index (Phi) is 7.05. The fourth-order valence-electron chi connectivity index (χ4n) is 1.52. The zero-order chi connectivity index (χ0) is 11.8. The minimum atomic E-state index is -0.291. The van der Waals surface area contributed by atoms with Gasteiger partial charge >= 0.3 is 5.97 Å². The second-order valence-electron chi connectivity index (χ2n) is 3.66. The molecule has 0 saturated carbocycles. The average molecular weight is 213 g/mol. The van der Waals surface area contributed by atoms with Crippen LogP contribution in [0.25, 0.3) is 0 Å². The van der Waals surface area contributed by atoms with Gasteiger partial charge in [-0.15, -0.1) is 0 Å². The lowest BCUT2D eigenvalue weighted by Crippen LogP contribution is -2.38. The first kappa shape index (κ1) is 14.2. The summed E-state index contributed by atoms with van der Waals surface area (Å²) < 4.78 is 5.16. The maximum atomic E-state index is 11.2. The Morgan fingerprint density at radius 3 is 2.20 bits per heavy atom. The van der Waals surface area contributed by atoms with Gasteiger partial charge in [0.15, 0.2) is 0 Å². The zero-order valence-corrected chi connectivity index (χ0v) is 10.4. The Hall–Kier alpha value is -0.830. The highest BCUT2D eigenvalue weighted by Crippen LogP contribution is 2.05. The summed E-state index contributed by atoms with van der Waals surface area (Å²) in [6.07, 6.45) is 0.991. The molecule has 0 aromatic heterocycles. The number of likely N-dealkylation sites (N-methyl/N-ethyl adjacent to an activating group) is 1. The van der Waals surface area contributed by atoms with Crippen LogP contribution in [0.1, 0.15) is 34.1 Å². The van der Waals surface area contributed by atoms with Crippen molar-refractivity contribution in [1.82, 2.24) is 4.90 Å². The maximum Gasteiger partial charge on any atom is 0.333 e. The van der Waals surface area contributed by atoms with Crippen LogP contribution in [0.3, 0.4) is 0 Å². The van der Waals surface area contributed by atoms with Gasteiger partial charge in [-0.05, 0) is 26.4 Å². The lowest BCUT2D eigenvalue weighted by atomic mass is 10.2. The van der Waals surface area contributed by atoms with Crippen LogP contribution in [0, 0.1) is 0 Å². The first-order valence-corrected chi connectivity index (χ1v) is 5.63. The van der Waals surface area contributed by atoms with Gasteiger partial charge in [0.05, 0.1) is 0 Å². The van der Waals surface area contributed by atoms with Crippen LogP contribution < -0.4 is 0 Å². The van der Waals surface area contributed by atoms with Crippen molar-refractivity contribution in [2.75, 3.05) is 19.7 Å². The molecule has 15 heavy (non-hydrogen) atoms. The van der Waals surface area contributed by atoms with Crippen LogP contribution in [-0.4, -0.2) is 36.6 Å². The maximum absolute atomic E-state index is 11.2. The van der Waals surface area contributed by atoms with Crippen LogP contribution in [-0.2, 0) is 9.53 Å². The Bertz CT molecular complexity index is 210. The highest BCUT2D eigenvalue weighted by molar-refractivity contribution is 5.86. The molecule has 0 aliphatic rings. The molecule has 0 saturated heterocycles. The molecule has 1 atom stereocenters. The number of esters is 1. The summed E-state index contributed by atoms with van der Waals surface area (Å²) in [7, 11) is 0. The van der Waals surface area contributed by atoms with Gasteiger partial charge in [0.2, 0.25) is 0 Å². The topological polar surface area (TPSA) is 29.5 Å². The predicted octanol–water partition coefficient (Wildman–Crippen LogP) is 2.23. The summed E-state index contributed by atoms with van der Waals surface area (Å²) in [4.78, 5) is 13.5. The van der Waals surface area contributed by atoms with Crippen LogP contribution in [0.2, 0.25) is 0 Å². The fourth-order valence-corrected chi connectivity index (χ4v) is 1.52. The molecule has 3 nitrogen and oxygen atoms in total. The van der Waals surface area contributed by atoms with E-state index in [9.17, 15) is 4.79 Å². The number of rotatable bonds is 7. The summed E-state index contributed by atoms with van der Waals surface area (Å²) in [6, 6.07) is 0.322. The Morgan fingerprint density at radius 1 is 1.33 bits per heavy atom. The lowest BCUT2D eigenvalue weighted by Gasteiger charge is -2.28. The van der Waals surface area contributed by atoms with E-state index in [1.165, 1.54) is 0 Å². The summed E-state index contributed by atoms with van der Waals surface area (Å²) in [5, 5.41) is 0. The number of ether oxygens (including phenoxy) is 1. The van der Waals surface area contributed by atoms with Gasteiger partial charge < -0.3 is 4.74 Å². The van der Waals surface area contributed by atoms with Gasteiger partial charge in [-0.1, -0.05) is 27.4 Å². The van der Waals surface area contributed by atoms with Gasteiger partial charge in [-0.25, -0.2) is 4.79 Å². The molecular weight excluding hydrogens is 190 g/mol. The molecule has 0 heterocycles. The molecule has 1 unspecified atom stereocenters. The van der Waals surface area contributed by atoms with Crippen LogP contribution in [0.5, 0.6) is 0 Å². The van der Waals surface area contributed by atoms with Gasteiger partial charge in [0, 0.05) is 11.6 Å². The van der Waals surface area contributed by atoms with Crippen molar-refractivity contribution in [2.24, 2.45) is 0 Å². The molecule has 0 aliphatic carbocycles. The highest BCUT2D eigenvalue weighted by atomic mass is 16.5. The van der Waals surface area contributed by atoms with E-state index < -0.39 is 0 Å². The van der Waals surface area contributed by atoms with Crippen molar-refractivity contribution in [3.63, 3.8) is 0 Å². The molecule has 0 N–H and O–H groups in total. The molecule has 0 radical (unpaired) electrons. The minimum absolute atomic E-state index is 0.291. The number of nitrogens with zero attached hydrogens (tertiary/aromatic N) is 1. The van der Waals surface area contributed by atoms with E-state index in [0.29, 0.717) is 18.2 Å². The molecule has 0 rings (SSSR count). The normalized spacial score (nSPS) is 12.6. The molecule has 0 amide bonds. The summed E-state index contributed by atoms with van der Waals surface area (Å²) in [6.45, 7) is 14.0. The first-order chi connectivity index (χ1) is 7.06. The molecule has 0 fully saturated rings. The Labute approximate surface area is 93.1 Å². The third-order valence-electron chi connectivity index (χ3n) is 2.56. The lowest BCUT2D eigenvalue weighted by molar-refractivity contribution is -0.140. The molecule has 0 spiro atoms. The third kappa shape index (κ3) is 4.98. The van der Waals surface area contributed by atoms with Gasteiger partial charge in [-0.2, -0.15) is 0 Å². The quantitative estimate of drug-likeness (QED) is 0.480. The second-order valence-corrected chi connectivity index (χ2v) is 3.66. The van der Waals surface area contributed by atoms with Gasteiger partial charge in [0.1, 0.15) is 6.61 Å². The molecule has 0 aromatic rings. The van der Waals surface area contributed by atoms with E-state index in [-0.39, 0.29) is 5.97 Å². The van der Waals surface area contributed by atoms with E-state index in [2.05, 4.69) is 32.3 Å². The number of hydrogen-bond donors (Lipinski definition) is 0. The third-order valence-corrected chi connectivity index (χ3v) is 2.56. The van der Waals surface area contributed by atoms with E-state index in [0.717, 1.165) is 19.5 Å². The Morgan fingerprint density at radius 2 is 1.87 bits per heavy atom. The minimum Gasteiger partial charge on any atom is -0.461 e. The van der Waals surface area contributed by atoms with E-state index >= 15 is 0 Å². The van der Waals surface area contributed by atoms with E-state index in [1.54, 1.807) is 6.92 Å². The predicted molar refractivity (Wildman–Crippen MR) is 62.8 cm³/mol. The van der Waals surface area contributed by atoms with Crippen molar-refractivity contribution < 1.29 is 9.53 Å². The van der Waals surface area contributed by atoms with Crippen LogP contribution in [0.15, 0.2) is 12.2 Å². The summed E-state index contributed by atoms with van der Waals surface area (Å²) >= 11 is 0. The van der Waals surface area contributed by atoms with Gasteiger partial charge in [-0.3, -0.25) is 4.90 Å². The standard InChI is InChI=1S/C12H23NO2/c1-6-11(13(7-2)8-3)9-15-12(14)10(4)5/h11H,4,6-9H2,1-3,5H3. The van der Waals surface area contributed by atoms with Crippen molar-refractivity contribution in [1.29, 1.82) is 0 Å². The van der Waals surface area contributed by atoms with Crippen LogP contribution in [0.4, 0.5) is 0 Å². The Balaban J connectivity index is 4.10. The SMILES string of the molecule is C=C(C)C(=O)OCC(CC)N(CC)CC. The number of carbonyl (C=O) groups is 1. The van der Waals surface area contributed by atoms with Gasteiger partial charge in [0.25, 0.3) is 0 Å². The smallest absolute Gasteiger partial charge is 0.333 e. The summed E-state index contributed by atoms with van der Waals surface area (Å²) in [5.41, 5.74) is 0.462. The monoisotopic (exact) mass is 213 g/mol. The number of hydrogen-bond acceptors (Lipinski definition) is 3. The fraction of sp³-hybridized carbons (Fsp3) is 0.750. The van der Waals surface area contributed by atoms with Crippen LogP contribution >= 0.6 is 0 Å². The summed E-state index contributed by atoms with van der Waals surface area (Å²) in [5.74, 6) is -0.291. The van der Waals surface area contributed by atoms with Crippen molar-refractivity contribution >= 4 is 5.97 Å². The van der Waals surface area contributed by atoms with Crippen molar-refractivity contribution in [2.45, 2.75) is 40.2 Å². The van der Waals surface area contributed by atoms with Crippen molar-refractivity contribution in [3.05, 3.63) is 12.2 Å². The average Bonchev–Trinajstić information content (AvgIpc) is 2.23.